The van der Waals surface area contributed by atoms with E-state index in [1.807, 2.05) is 0 Å². The maximum Gasteiger partial charge on any atom is -0.00127 e. The first-order valence-electron chi connectivity index (χ1n) is 8.11. The number of hydrogen-bond donors (Lipinski definition) is 1. The van der Waals surface area contributed by atoms with Gasteiger partial charge in [-0.1, -0.05) is 25.7 Å². The van der Waals surface area contributed by atoms with Crippen LogP contribution in [0.1, 0.15) is 51.4 Å². The second-order valence-corrected chi connectivity index (χ2v) is 6.84. The largest absolute Gasteiger partial charge is 0.316 e. The lowest BCUT2D eigenvalue weighted by Gasteiger charge is -2.39. The van der Waals surface area contributed by atoms with Crippen LogP contribution >= 0.6 is 0 Å². The number of rotatable bonds is 6. The number of hydrogen-bond acceptors (Lipinski definition) is 2. The molecule has 0 spiro atoms. The van der Waals surface area contributed by atoms with E-state index in [0.717, 1.165) is 17.8 Å². The van der Waals surface area contributed by atoms with E-state index in [-0.39, 0.29) is 0 Å². The predicted molar refractivity (Wildman–Crippen MR) is 78.8 cm³/mol. The number of fused-ring (bicyclic) bond motifs is 1. The minimum absolute atomic E-state index is 0.976. The molecule has 106 valence electrons. The van der Waals surface area contributed by atoms with E-state index in [0.29, 0.717) is 0 Å². The van der Waals surface area contributed by atoms with Crippen LogP contribution < -0.4 is 5.32 Å². The van der Waals surface area contributed by atoms with Crippen LogP contribution in [0.5, 0.6) is 0 Å². The molecule has 2 saturated carbocycles. The van der Waals surface area contributed by atoms with Crippen molar-refractivity contribution in [3.8, 4) is 0 Å². The fraction of sp³-hybridized carbons (Fsp3) is 1.00. The Morgan fingerprint density at radius 1 is 1.00 bits per heavy atom. The summed E-state index contributed by atoms with van der Waals surface area (Å²) in [7, 11) is 4.31. The zero-order valence-corrected chi connectivity index (χ0v) is 12.5. The molecule has 0 aromatic heterocycles. The highest BCUT2D eigenvalue weighted by atomic mass is 15.1. The summed E-state index contributed by atoms with van der Waals surface area (Å²) in [5.41, 5.74) is 0. The normalized spacial score (nSPS) is 32.5. The van der Waals surface area contributed by atoms with Crippen molar-refractivity contribution in [2.75, 3.05) is 33.7 Å². The SMILES string of the molecule is CN(C)CCCNCC1CCC2CCCCC2C1. The zero-order chi connectivity index (χ0) is 12.8. The highest BCUT2D eigenvalue weighted by Crippen LogP contribution is 2.42. The summed E-state index contributed by atoms with van der Waals surface area (Å²) in [5, 5.41) is 3.68. The monoisotopic (exact) mass is 252 g/mol. The van der Waals surface area contributed by atoms with Crippen molar-refractivity contribution in [3.05, 3.63) is 0 Å². The predicted octanol–water partition coefficient (Wildman–Crippen LogP) is 3.13. The Balaban J connectivity index is 1.57. The lowest BCUT2D eigenvalue weighted by Crippen LogP contribution is -2.33. The number of nitrogens with zero attached hydrogens (tertiary/aromatic N) is 1. The van der Waals surface area contributed by atoms with Crippen LogP contribution in [0.15, 0.2) is 0 Å². The molecule has 0 amide bonds. The first kappa shape index (κ1) is 14.3. The molecule has 0 saturated heterocycles. The van der Waals surface area contributed by atoms with Gasteiger partial charge in [-0.15, -0.1) is 0 Å². The Kier molecular flexibility index (Phi) is 5.97. The molecule has 0 heterocycles. The molecule has 0 aromatic rings. The van der Waals surface area contributed by atoms with Crippen LogP contribution in [0.4, 0.5) is 0 Å². The van der Waals surface area contributed by atoms with Crippen molar-refractivity contribution < 1.29 is 0 Å². The van der Waals surface area contributed by atoms with Gasteiger partial charge in [-0.2, -0.15) is 0 Å². The van der Waals surface area contributed by atoms with E-state index in [4.69, 9.17) is 0 Å². The summed E-state index contributed by atoms with van der Waals surface area (Å²) in [6.07, 6.45) is 11.9. The zero-order valence-electron chi connectivity index (χ0n) is 12.5. The minimum Gasteiger partial charge on any atom is -0.316 e. The molecule has 2 fully saturated rings. The van der Waals surface area contributed by atoms with Crippen molar-refractivity contribution >= 4 is 0 Å². The summed E-state index contributed by atoms with van der Waals surface area (Å²) < 4.78 is 0. The molecule has 2 aliphatic carbocycles. The van der Waals surface area contributed by atoms with Gasteiger partial charge < -0.3 is 10.2 Å². The summed E-state index contributed by atoms with van der Waals surface area (Å²) in [4.78, 5) is 2.27. The van der Waals surface area contributed by atoms with Crippen molar-refractivity contribution in [1.29, 1.82) is 0 Å². The van der Waals surface area contributed by atoms with Crippen LogP contribution in [-0.2, 0) is 0 Å². The van der Waals surface area contributed by atoms with Crippen LogP contribution in [0.3, 0.4) is 0 Å². The third-order valence-electron chi connectivity index (χ3n) is 5.04. The highest BCUT2D eigenvalue weighted by Gasteiger charge is 2.31. The van der Waals surface area contributed by atoms with E-state index in [9.17, 15) is 0 Å². The molecule has 0 aliphatic heterocycles. The van der Waals surface area contributed by atoms with Gasteiger partial charge in [-0.05, 0) is 77.2 Å². The fourth-order valence-corrected chi connectivity index (χ4v) is 3.98. The van der Waals surface area contributed by atoms with Gasteiger partial charge in [0.25, 0.3) is 0 Å². The maximum atomic E-state index is 3.68. The Bertz CT molecular complexity index is 227. The van der Waals surface area contributed by atoms with Crippen molar-refractivity contribution in [2.45, 2.75) is 51.4 Å². The molecule has 2 aliphatic rings. The van der Waals surface area contributed by atoms with Gasteiger partial charge in [0, 0.05) is 0 Å². The van der Waals surface area contributed by atoms with Gasteiger partial charge >= 0.3 is 0 Å². The van der Waals surface area contributed by atoms with Gasteiger partial charge in [-0.3, -0.25) is 0 Å². The average Bonchev–Trinajstić information content (AvgIpc) is 2.38. The molecule has 2 heteroatoms. The molecule has 2 rings (SSSR count). The van der Waals surface area contributed by atoms with Crippen LogP contribution in [0, 0.1) is 17.8 Å². The summed E-state index contributed by atoms with van der Waals surface area (Å²) in [5.74, 6) is 3.16. The molecule has 0 aromatic carbocycles. The fourth-order valence-electron chi connectivity index (χ4n) is 3.98. The van der Waals surface area contributed by atoms with E-state index in [1.54, 1.807) is 0 Å². The van der Waals surface area contributed by atoms with E-state index < -0.39 is 0 Å². The molecule has 18 heavy (non-hydrogen) atoms. The second kappa shape index (κ2) is 7.49. The first-order chi connectivity index (χ1) is 8.75. The Labute approximate surface area is 114 Å². The molecule has 0 radical (unpaired) electrons. The van der Waals surface area contributed by atoms with Crippen molar-refractivity contribution in [2.24, 2.45) is 17.8 Å². The smallest absolute Gasteiger partial charge is 0.00127 e. The Morgan fingerprint density at radius 3 is 2.56 bits per heavy atom. The Morgan fingerprint density at radius 2 is 1.78 bits per heavy atom. The van der Waals surface area contributed by atoms with Crippen molar-refractivity contribution in [1.82, 2.24) is 10.2 Å². The van der Waals surface area contributed by atoms with Crippen molar-refractivity contribution in [3.63, 3.8) is 0 Å². The first-order valence-corrected chi connectivity index (χ1v) is 8.11. The third-order valence-corrected chi connectivity index (χ3v) is 5.04. The van der Waals surface area contributed by atoms with Gasteiger partial charge in [0.15, 0.2) is 0 Å². The minimum atomic E-state index is 0.976. The van der Waals surface area contributed by atoms with Gasteiger partial charge in [-0.25, -0.2) is 0 Å². The molecule has 3 atom stereocenters. The van der Waals surface area contributed by atoms with Crippen LogP contribution in [0.25, 0.3) is 0 Å². The lowest BCUT2D eigenvalue weighted by molar-refractivity contribution is 0.129. The second-order valence-electron chi connectivity index (χ2n) is 6.84. The third kappa shape index (κ3) is 4.55. The van der Waals surface area contributed by atoms with E-state index >= 15 is 0 Å². The molecule has 3 unspecified atom stereocenters. The topological polar surface area (TPSA) is 15.3 Å². The summed E-state index contributed by atoms with van der Waals surface area (Å²) in [6.45, 7) is 3.68. The summed E-state index contributed by atoms with van der Waals surface area (Å²) >= 11 is 0. The molecular weight excluding hydrogens is 220 g/mol. The van der Waals surface area contributed by atoms with Crippen LogP contribution in [0.2, 0.25) is 0 Å². The highest BCUT2D eigenvalue weighted by molar-refractivity contribution is 4.83. The molecule has 0 bridgehead atoms. The average molecular weight is 252 g/mol. The van der Waals surface area contributed by atoms with Gasteiger partial charge in [0.2, 0.25) is 0 Å². The van der Waals surface area contributed by atoms with E-state index in [2.05, 4.69) is 24.3 Å². The van der Waals surface area contributed by atoms with Crippen LogP contribution in [-0.4, -0.2) is 38.6 Å². The number of nitrogens with one attached hydrogen (secondary N) is 1. The lowest BCUT2D eigenvalue weighted by atomic mass is 9.67. The van der Waals surface area contributed by atoms with Gasteiger partial charge in [0.1, 0.15) is 0 Å². The summed E-state index contributed by atoms with van der Waals surface area (Å²) in [6, 6.07) is 0. The maximum absolute atomic E-state index is 3.68. The quantitative estimate of drug-likeness (QED) is 0.731. The molecule has 2 nitrogen and oxygen atoms in total. The van der Waals surface area contributed by atoms with E-state index in [1.165, 1.54) is 71.0 Å². The van der Waals surface area contributed by atoms with Gasteiger partial charge in [0.05, 0.1) is 0 Å². The standard InChI is InChI=1S/C16H32N2/c1-18(2)11-5-10-17-13-14-8-9-15-6-3-4-7-16(15)12-14/h14-17H,3-13H2,1-2H3. The molecule has 1 N–H and O–H groups in total. The Hall–Kier alpha value is -0.0800. The molecular formula is C16H32N2.